The second-order valence-corrected chi connectivity index (χ2v) is 7.42. The van der Waals surface area contributed by atoms with Gasteiger partial charge in [0.05, 0.1) is 24.3 Å². The van der Waals surface area contributed by atoms with Gasteiger partial charge in [0.2, 0.25) is 0 Å². The fourth-order valence-electron chi connectivity index (χ4n) is 3.69. The van der Waals surface area contributed by atoms with Crippen molar-refractivity contribution in [1.29, 1.82) is 5.26 Å². The van der Waals surface area contributed by atoms with E-state index in [1.165, 1.54) is 0 Å². The molecule has 4 atom stereocenters. The number of phenolic OH excluding ortho intramolecular Hbond substituents is 1. The summed E-state index contributed by atoms with van der Waals surface area (Å²) in [5, 5.41) is 18.9. The summed E-state index contributed by atoms with van der Waals surface area (Å²) in [6.45, 7) is 16.6. The van der Waals surface area contributed by atoms with Gasteiger partial charge in [-0.25, -0.2) is 4.85 Å². The zero-order valence-electron chi connectivity index (χ0n) is 14.1. The van der Waals surface area contributed by atoms with Gasteiger partial charge in [-0.1, -0.05) is 50.9 Å². The molecular weight excluding hydrogens is 347 g/mol. The predicted octanol–water partition coefficient (Wildman–Crippen LogP) is 5.67. The van der Waals surface area contributed by atoms with Gasteiger partial charge < -0.3 is 9.84 Å². The highest BCUT2D eigenvalue weighted by atomic mass is 35.5. The van der Waals surface area contributed by atoms with Crippen LogP contribution in [-0.4, -0.2) is 11.7 Å². The molecule has 1 saturated carbocycles. The van der Waals surface area contributed by atoms with Crippen molar-refractivity contribution < 1.29 is 9.84 Å². The van der Waals surface area contributed by atoms with Crippen LogP contribution in [0.4, 0.5) is 5.69 Å². The van der Waals surface area contributed by atoms with Crippen LogP contribution in [0, 0.1) is 47.5 Å². The molecule has 24 heavy (non-hydrogen) atoms. The molecule has 0 aromatic heterocycles. The second kappa shape index (κ2) is 7.09. The van der Waals surface area contributed by atoms with Crippen LogP contribution < -0.4 is 4.74 Å². The Kier molecular flexibility index (Phi) is 5.53. The van der Waals surface area contributed by atoms with Gasteiger partial charge in [0.1, 0.15) is 22.1 Å². The van der Waals surface area contributed by atoms with Gasteiger partial charge in [-0.2, -0.15) is 5.26 Å². The summed E-state index contributed by atoms with van der Waals surface area (Å²) in [5.41, 5.74) is -0.299. The number of halogens is 2. The van der Waals surface area contributed by atoms with Crippen molar-refractivity contribution in [3.05, 3.63) is 27.0 Å². The van der Waals surface area contributed by atoms with E-state index in [2.05, 4.69) is 32.5 Å². The third-order valence-electron chi connectivity index (χ3n) is 5.77. The van der Waals surface area contributed by atoms with Gasteiger partial charge in [0, 0.05) is 0 Å². The van der Waals surface area contributed by atoms with Crippen molar-refractivity contribution in [3.8, 4) is 17.6 Å². The molecule has 4 nitrogen and oxygen atoms in total. The molecule has 0 aliphatic heterocycles. The van der Waals surface area contributed by atoms with Gasteiger partial charge in [0.15, 0.2) is 0 Å². The minimum Gasteiger partial charge on any atom is -0.506 e. The van der Waals surface area contributed by atoms with Gasteiger partial charge in [-0.15, -0.1) is 0 Å². The maximum atomic E-state index is 9.91. The minimum atomic E-state index is -0.479. The summed E-state index contributed by atoms with van der Waals surface area (Å²) in [6, 6.07) is 1.80. The molecule has 1 aliphatic carbocycles. The van der Waals surface area contributed by atoms with Crippen LogP contribution in [0.15, 0.2) is 0 Å². The largest absolute Gasteiger partial charge is 0.506 e. The highest BCUT2D eigenvalue weighted by molar-refractivity contribution is 6.44. The first kappa shape index (κ1) is 18.7. The minimum absolute atomic E-state index is 0.0291. The zero-order valence-corrected chi connectivity index (χ0v) is 15.6. The molecule has 1 aromatic rings. The highest BCUT2D eigenvalue weighted by Gasteiger charge is 2.41. The smallest absolute Gasteiger partial charge is 0.250 e. The number of nitriles is 1. The molecule has 1 N–H and O–H groups in total. The number of phenols is 1. The normalized spacial score (nSPS) is 29.1. The lowest BCUT2D eigenvalue weighted by Crippen LogP contribution is -2.21. The molecule has 0 amide bonds. The lowest BCUT2D eigenvalue weighted by molar-refractivity contribution is 0.182. The van der Waals surface area contributed by atoms with E-state index >= 15 is 0 Å². The summed E-state index contributed by atoms with van der Waals surface area (Å²) in [4.78, 5) is 3.32. The first-order valence-electron chi connectivity index (χ1n) is 7.90. The van der Waals surface area contributed by atoms with Crippen LogP contribution in [0.25, 0.3) is 4.85 Å². The molecule has 0 spiro atoms. The Morgan fingerprint density at radius 1 is 1.12 bits per heavy atom. The van der Waals surface area contributed by atoms with E-state index in [1.54, 1.807) is 6.07 Å². The highest BCUT2D eigenvalue weighted by Crippen LogP contribution is 2.50. The molecule has 6 heteroatoms. The summed E-state index contributed by atoms with van der Waals surface area (Å²) < 4.78 is 5.87. The average Bonchev–Trinajstić information content (AvgIpc) is 2.75. The van der Waals surface area contributed by atoms with E-state index in [0.717, 1.165) is 0 Å². The molecular formula is C18H20Cl2N2O2. The van der Waals surface area contributed by atoms with E-state index in [9.17, 15) is 10.4 Å². The van der Waals surface area contributed by atoms with Gasteiger partial charge in [-0.05, 0) is 29.6 Å². The Bertz CT molecular complexity index is 722. The van der Waals surface area contributed by atoms with E-state index in [0.29, 0.717) is 36.2 Å². The van der Waals surface area contributed by atoms with Crippen molar-refractivity contribution in [1.82, 2.24) is 0 Å². The zero-order chi connectivity index (χ0) is 18.2. The molecule has 1 aromatic carbocycles. The Hall–Kier alpha value is -1.62. The molecule has 0 saturated heterocycles. The number of hydrogen-bond donors (Lipinski definition) is 1. The first-order chi connectivity index (χ1) is 11.3. The van der Waals surface area contributed by atoms with Crippen LogP contribution >= 0.6 is 23.2 Å². The van der Waals surface area contributed by atoms with E-state index in [-0.39, 0.29) is 27.0 Å². The molecule has 2 rings (SSSR count). The number of hydrogen-bond acceptors (Lipinski definition) is 3. The number of ether oxygens (including phenoxy) is 1. The number of nitrogens with zero attached hydrogens (tertiary/aromatic N) is 2. The van der Waals surface area contributed by atoms with E-state index < -0.39 is 5.75 Å². The topological polar surface area (TPSA) is 57.6 Å². The fourth-order valence-corrected chi connectivity index (χ4v) is 4.10. The SMILES string of the molecule is [C-]#[N+]c1c(C#N)c(O)c(Cl)c(Cl)c1OCC1C(C)C(C)C(C)C1C. The van der Waals surface area contributed by atoms with Gasteiger partial charge in [0.25, 0.3) is 5.69 Å². The van der Waals surface area contributed by atoms with Crippen molar-refractivity contribution in [2.24, 2.45) is 29.6 Å². The molecule has 0 bridgehead atoms. The number of benzene rings is 1. The molecule has 0 radical (unpaired) electrons. The quantitative estimate of drug-likeness (QED) is 0.700. The fraction of sp³-hybridized carbons (Fsp3) is 0.556. The summed E-state index contributed by atoms with van der Waals surface area (Å²) in [7, 11) is 0. The predicted molar refractivity (Wildman–Crippen MR) is 94.7 cm³/mol. The maximum Gasteiger partial charge on any atom is 0.250 e. The molecule has 1 fully saturated rings. The Morgan fingerprint density at radius 3 is 2.12 bits per heavy atom. The first-order valence-corrected chi connectivity index (χ1v) is 8.66. The molecule has 1 aliphatic rings. The molecule has 4 unspecified atom stereocenters. The summed E-state index contributed by atoms with van der Waals surface area (Å²) in [6.07, 6.45) is 0. The third-order valence-corrected chi connectivity index (χ3v) is 6.60. The standard InChI is InChI=1S/C18H20Cl2N2O2/c1-8-9(2)11(4)13(10(8)3)7-24-18-15(20)14(19)17(23)12(6-21)16(18)22-5/h8-11,13,23H,7H2,1-4H3. The third kappa shape index (κ3) is 2.90. The number of rotatable bonds is 3. The maximum absolute atomic E-state index is 9.91. The van der Waals surface area contributed by atoms with Crippen LogP contribution in [0.3, 0.4) is 0 Å². The Balaban J connectivity index is 2.37. The van der Waals surface area contributed by atoms with Crippen LogP contribution in [0.5, 0.6) is 11.5 Å². The van der Waals surface area contributed by atoms with Crippen LogP contribution in [0.1, 0.15) is 33.3 Å². The van der Waals surface area contributed by atoms with Crippen molar-refractivity contribution in [2.75, 3.05) is 6.61 Å². The Morgan fingerprint density at radius 2 is 1.67 bits per heavy atom. The van der Waals surface area contributed by atoms with Crippen molar-refractivity contribution in [3.63, 3.8) is 0 Å². The second-order valence-electron chi connectivity index (χ2n) is 6.66. The summed E-state index contributed by atoms with van der Waals surface area (Å²) >= 11 is 12.1. The average molecular weight is 367 g/mol. The number of aromatic hydroxyl groups is 1. The monoisotopic (exact) mass is 366 g/mol. The Labute approximate surface area is 152 Å². The van der Waals surface area contributed by atoms with Crippen LogP contribution in [0.2, 0.25) is 10.0 Å². The van der Waals surface area contributed by atoms with E-state index in [4.69, 9.17) is 34.5 Å². The van der Waals surface area contributed by atoms with Gasteiger partial charge >= 0.3 is 0 Å². The lowest BCUT2D eigenvalue weighted by Gasteiger charge is -2.23. The van der Waals surface area contributed by atoms with Crippen molar-refractivity contribution in [2.45, 2.75) is 27.7 Å². The molecule has 0 heterocycles. The summed E-state index contributed by atoms with van der Waals surface area (Å²) in [5.74, 6) is 2.05. The van der Waals surface area contributed by atoms with Crippen molar-refractivity contribution >= 4 is 28.9 Å². The molecule has 128 valence electrons. The lowest BCUT2D eigenvalue weighted by atomic mass is 9.90. The van der Waals surface area contributed by atoms with Crippen LogP contribution in [-0.2, 0) is 0 Å². The van der Waals surface area contributed by atoms with Gasteiger partial charge in [-0.3, -0.25) is 0 Å². The van der Waals surface area contributed by atoms with E-state index in [1.807, 2.05) is 0 Å².